The maximum Gasteiger partial charge on any atom is 0.225 e. The molecule has 3 aliphatic rings. The Morgan fingerprint density at radius 3 is 2.56 bits per heavy atom. The fourth-order valence-electron chi connectivity index (χ4n) is 5.35. The number of halogens is 1. The summed E-state index contributed by atoms with van der Waals surface area (Å²) in [6, 6.07) is 6.81. The molecule has 0 radical (unpaired) electrons. The van der Waals surface area contributed by atoms with Crippen LogP contribution in [0.5, 0.6) is 0 Å². The van der Waals surface area contributed by atoms with E-state index in [1.54, 1.807) is 12.1 Å². The number of morpholine rings is 1. The Bertz CT molecular complexity index is 797. The van der Waals surface area contributed by atoms with Gasteiger partial charge in [0.25, 0.3) is 0 Å². The lowest BCUT2D eigenvalue weighted by Gasteiger charge is -2.29. The third-order valence-electron chi connectivity index (χ3n) is 6.77. The number of rotatable bonds is 7. The summed E-state index contributed by atoms with van der Waals surface area (Å²) in [5.41, 5.74) is 1.03. The van der Waals surface area contributed by atoms with Gasteiger partial charge in [-0.25, -0.2) is 4.39 Å². The van der Waals surface area contributed by atoms with Crippen molar-refractivity contribution < 1.29 is 23.5 Å². The van der Waals surface area contributed by atoms with Gasteiger partial charge in [0.15, 0.2) is 0 Å². The number of hydrogen-bond acceptors (Lipinski definition) is 5. The summed E-state index contributed by atoms with van der Waals surface area (Å²) in [5, 5.41) is 3.00. The van der Waals surface area contributed by atoms with Gasteiger partial charge in [-0.2, -0.15) is 0 Å². The molecule has 1 aromatic carbocycles. The largest absolute Gasteiger partial charge is 0.378 e. The van der Waals surface area contributed by atoms with E-state index in [9.17, 15) is 14.0 Å². The second kappa shape index (κ2) is 10.3. The van der Waals surface area contributed by atoms with Gasteiger partial charge in [-0.1, -0.05) is 12.1 Å². The Labute approximate surface area is 189 Å². The minimum atomic E-state index is -0.248. The SMILES string of the molecule is CC(C)NC(=O)C[C@@H]1CN(Cc2ccc(F)cc2)[C@@H]2CO[C@@H](CC(=O)N3CCOCC3)[C@H]12. The molecule has 3 heterocycles. The molecule has 32 heavy (non-hydrogen) atoms. The van der Waals surface area contributed by atoms with E-state index in [0.717, 1.165) is 12.1 Å². The van der Waals surface area contributed by atoms with E-state index in [0.29, 0.717) is 52.3 Å². The van der Waals surface area contributed by atoms with Crippen LogP contribution in [0, 0.1) is 17.7 Å². The topological polar surface area (TPSA) is 71.1 Å². The smallest absolute Gasteiger partial charge is 0.225 e. The second-order valence-electron chi connectivity index (χ2n) is 9.46. The number of ether oxygens (including phenoxy) is 2. The lowest BCUT2D eigenvalue weighted by Crippen LogP contribution is -2.43. The van der Waals surface area contributed by atoms with E-state index in [2.05, 4.69) is 10.2 Å². The molecular formula is C24H34FN3O4. The maximum absolute atomic E-state index is 13.3. The summed E-state index contributed by atoms with van der Waals surface area (Å²) in [6.07, 6.45) is 0.573. The van der Waals surface area contributed by atoms with Crippen LogP contribution in [0.4, 0.5) is 4.39 Å². The van der Waals surface area contributed by atoms with Gasteiger partial charge >= 0.3 is 0 Å². The minimum Gasteiger partial charge on any atom is -0.378 e. The lowest BCUT2D eigenvalue weighted by atomic mass is 9.84. The molecule has 0 spiro atoms. The number of amides is 2. The molecule has 4 rings (SSSR count). The summed E-state index contributed by atoms with van der Waals surface area (Å²) >= 11 is 0. The van der Waals surface area contributed by atoms with E-state index in [4.69, 9.17) is 9.47 Å². The van der Waals surface area contributed by atoms with Crippen LogP contribution in [-0.4, -0.2) is 79.3 Å². The Balaban J connectivity index is 1.46. The molecule has 0 unspecified atom stereocenters. The van der Waals surface area contributed by atoms with Crippen molar-refractivity contribution in [3.8, 4) is 0 Å². The molecular weight excluding hydrogens is 413 g/mol. The van der Waals surface area contributed by atoms with Crippen LogP contribution in [0.3, 0.4) is 0 Å². The van der Waals surface area contributed by atoms with Crippen LogP contribution in [-0.2, 0) is 25.6 Å². The molecule has 176 valence electrons. The predicted octanol–water partition coefficient (Wildman–Crippen LogP) is 1.80. The Hall–Kier alpha value is -2.03. The van der Waals surface area contributed by atoms with Crippen molar-refractivity contribution in [2.45, 2.75) is 51.4 Å². The van der Waals surface area contributed by atoms with Crippen LogP contribution in [0.15, 0.2) is 24.3 Å². The van der Waals surface area contributed by atoms with Crippen molar-refractivity contribution in [1.29, 1.82) is 0 Å². The van der Waals surface area contributed by atoms with E-state index in [1.807, 2.05) is 18.7 Å². The van der Waals surface area contributed by atoms with Crippen LogP contribution < -0.4 is 5.32 Å². The Morgan fingerprint density at radius 1 is 1.16 bits per heavy atom. The first kappa shape index (κ1) is 23.1. The van der Waals surface area contributed by atoms with Gasteiger partial charge in [0.1, 0.15) is 5.82 Å². The van der Waals surface area contributed by atoms with Gasteiger partial charge in [0, 0.05) is 50.6 Å². The van der Waals surface area contributed by atoms with Crippen LogP contribution in [0.1, 0.15) is 32.3 Å². The van der Waals surface area contributed by atoms with E-state index >= 15 is 0 Å². The van der Waals surface area contributed by atoms with E-state index < -0.39 is 0 Å². The standard InChI is InChI=1S/C24H34FN3O4/c1-16(2)26-22(29)11-18-14-28(13-17-3-5-19(25)6-4-17)20-15-32-21(24(18)20)12-23(30)27-7-9-31-10-8-27/h3-6,16,18,20-21,24H,7-15H2,1-2H3,(H,26,29)/t18-,20-,21+,24-/m1/s1. The molecule has 0 aliphatic carbocycles. The highest BCUT2D eigenvalue weighted by Gasteiger charge is 2.51. The number of nitrogens with zero attached hydrogens (tertiary/aromatic N) is 2. The normalized spacial score (nSPS) is 28.2. The molecule has 3 fully saturated rings. The lowest BCUT2D eigenvalue weighted by molar-refractivity contribution is -0.138. The van der Waals surface area contributed by atoms with Crippen molar-refractivity contribution >= 4 is 11.8 Å². The van der Waals surface area contributed by atoms with Crippen molar-refractivity contribution in [3.63, 3.8) is 0 Å². The van der Waals surface area contributed by atoms with Crippen LogP contribution in [0.25, 0.3) is 0 Å². The quantitative estimate of drug-likeness (QED) is 0.690. The number of carbonyl (C=O) groups is 2. The first-order valence-corrected chi connectivity index (χ1v) is 11.7. The molecule has 1 N–H and O–H groups in total. The molecule has 8 heteroatoms. The second-order valence-corrected chi connectivity index (χ2v) is 9.46. The number of nitrogens with one attached hydrogen (secondary N) is 1. The summed E-state index contributed by atoms with van der Waals surface area (Å²) in [7, 11) is 0. The first-order chi connectivity index (χ1) is 15.4. The van der Waals surface area contributed by atoms with Crippen molar-refractivity contribution in [2.24, 2.45) is 11.8 Å². The van der Waals surface area contributed by atoms with E-state index in [1.165, 1.54) is 12.1 Å². The molecule has 0 aromatic heterocycles. The number of fused-ring (bicyclic) bond motifs is 1. The van der Waals surface area contributed by atoms with Gasteiger partial charge in [0.2, 0.25) is 11.8 Å². The monoisotopic (exact) mass is 447 g/mol. The summed E-state index contributed by atoms with van der Waals surface area (Å²) in [6.45, 7) is 8.31. The third kappa shape index (κ3) is 5.47. The Morgan fingerprint density at radius 2 is 1.88 bits per heavy atom. The zero-order valence-corrected chi connectivity index (χ0v) is 19.0. The van der Waals surface area contributed by atoms with E-state index in [-0.39, 0.29) is 47.7 Å². The number of carbonyl (C=O) groups excluding carboxylic acids is 2. The number of likely N-dealkylation sites (tertiary alicyclic amines) is 1. The van der Waals surface area contributed by atoms with Gasteiger partial charge in [0.05, 0.1) is 32.3 Å². The zero-order valence-electron chi connectivity index (χ0n) is 19.0. The average molecular weight is 448 g/mol. The van der Waals surface area contributed by atoms with Crippen molar-refractivity contribution in [1.82, 2.24) is 15.1 Å². The van der Waals surface area contributed by atoms with Crippen LogP contribution in [0.2, 0.25) is 0 Å². The third-order valence-corrected chi connectivity index (χ3v) is 6.77. The molecule has 0 bridgehead atoms. The van der Waals surface area contributed by atoms with Crippen molar-refractivity contribution in [2.75, 3.05) is 39.5 Å². The molecule has 4 atom stereocenters. The highest BCUT2D eigenvalue weighted by molar-refractivity contribution is 5.77. The maximum atomic E-state index is 13.3. The number of hydrogen-bond donors (Lipinski definition) is 1. The van der Waals surface area contributed by atoms with Gasteiger partial charge in [-0.05, 0) is 37.5 Å². The zero-order chi connectivity index (χ0) is 22.7. The van der Waals surface area contributed by atoms with Crippen molar-refractivity contribution in [3.05, 3.63) is 35.6 Å². The molecule has 2 amide bonds. The molecule has 7 nitrogen and oxygen atoms in total. The molecule has 3 saturated heterocycles. The molecule has 3 aliphatic heterocycles. The highest BCUT2D eigenvalue weighted by atomic mass is 19.1. The van der Waals surface area contributed by atoms with Crippen LogP contribution >= 0.6 is 0 Å². The summed E-state index contributed by atoms with van der Waals surface area (Å²) in [4.78, 5) is 29.6. The van der Waals surface area contributed by atoms with Gasteiger partial charge in [-0.3, -0.25) is 14.5 Å². The average Bonchev–Trinajstić information content (AvgIpc) is 3.31. The molecule has 0 saturated carbocycles. The highest BCUT2D eigenvalue weighted by Crippen LogP contribution is 2.42. The molecule has 1 aromatic rings. The first-order valence-electron chi connectivity index (χ1n) is 11.7. The summed E-state index contributed by atoms with van der Waals surface area (Å²) in [5.74, 6) is 0.128. The minimum absolute atomic E-state index is 0.0394. The van der Waals surface area contributed by atoms with Gasteiger partial charge in [-0.15, -0.1) is 0 Å². The predicted molar refractivity (Wildman–Crippen MR) is 117 cm³/mol. The van der Waals surface area contributed by atoms with Gasteiger partial charge < -0.3 is 19.7 Å². The number of benzene rings is 1. The Kier molecular flexibility index (Phi) is 7.43. The fraction of sp³-hybridized carbons (Fsp3) is 0.667. The summed E-state index contributed by atoms with van der Waals surface area (Å²) < 4.78 is 24.8. The fourth-order valence-corrected chi connectivity index (χ4v) is 5.35.